The van der Waals surface area contributed by atoms with Gasteiger partial charge in [-0.15, -0.1) is 11.3 Å². The molecule has 0 fully saturated rings. The van der Waals surface area contributed by atoms with Gasteiger partial charge in [-0.05, 0) is 56.1 Å². The zero-order chi connectivity index (χ0) is 18.0. The summed E-state index contributed by atoms with van der Waals surface area (Å²) >= 11 is 1.44. The normalized spacial score (nSPS) is 13.3. The SMILES string of the molecule is CNS(=O)(=O)c1cccc(C(=O)NNC(=O)c2cc3c(s2)CCC3)c1. The molecule has 0 saturated carbocycles. The van der Waals surface area contributed by atoms with Crippen LogP contribution in [0.25, 0.3) is 0 Å². The molecule has 132 valence electrons. The Hall–Kier alpha value is -2.23. The number of nitrogens with one attached hydrogen (secondary N) is 3. The number of aryl methyl sites for hydroxylation is 2. The number of sulfonamides is 1. The summed E-state index contributed by atoms with van der Waals surface area (Å²) < 4.78 is 25.8. The van der Waals surface area contributed by atoms with Crippen molar-refractivity contribution < 1.29 is 18.0 Å². The molecule has 0 unspecified atom stereocenters. The zero-order valence-corrected chi connectivity index (χ0v) is 15.1. The number of carbonyl (C=O) groups is 2. The summed E-state index contributed by atoms with van der Waals surface area (Å²) in [4.78, 5) is 26.0. The molecule has 7 nitrogen and oxygen atoms in total. The predicted octanol–water partition coefficient (Wildman–Crippen LogP) is 1.22. The fourth-order valence-electron chi connectivity index (χ4n) is 2.61. The summed E-state index contributed by atoms with van der Waals surface area (Å²) in [5.41, 5.74) is 6.01. The quantitative estimate of drug-likeness (QED) is 0.695. The first-order valence-corrected chi connectivity index (χ1v) is 9.96. The minimum atomic E-state index is -3.64. The number of thiophene rings is 1. The third-order valence-electron chi connectivity index (χ3n) is 3.94. The molecule has 3 rings (SSSR count). The number of carbonyl (C=O) groups excluding carboxylic acids is 2. The molecule has 0 atom stereocenters. The Morgan fingerprint density at radius 1 is 1.08 bits per heavy atom. The lowest BCUT2D eigenvalue weighted by Crippen LogP contribution is -2.41. The van der Waals surface area contributed by atoms with Crippen molar-refractivity contribution >= 4 is 33.2 Å². The summed E-state index contributed by atoms with van der Waals surface area (Å²) in [5, 5.41) is 0. The van der Waals surface area contributed by atoms with Gasteiger partial charge in [0, 0.05) is 10.4 Å². The molecule has 0 saturated heterocycles. The molecule has 1 aromatic carbocycles. The Bertz CT molecular complexity index is 913. The maximum absolute atomic E-state index is 12.1. The number of amides is 2. The summed E-state index contributed by atoms with van der Waals surface area (Å²) in [6.07, 6.45) is 3.09. The van der Waals surface area contributed by atoms with Crippen LogP contribution < -0.4 is 15.6 Å². The Morgan fingerprint density at radius 2 is 1.84 bits per heavy atom. The van der Waals surface area contributed by atoms with E-state index in [1.807, 2.05) is 6.07 Å². The van der Waals surface area contributed by atoms with Crippen LogP contribution in [0.3, 0.4) is 0 Å². The van der Waals surface area contributed by atoms with E-state index in [0.29, 0.717) is 4.88 Å². The smallest absolute Gasteiger partial charge is 0.267 e. The fraction of sp³-hybridized carbons (Fsp3) is 0.250. The van der Waals surface area contributed by atoms with E-state index in [1.54, 1.807) is 0 Å². The molecule has 1 aromatic heterocycles. The summed E-state index contributed by atoms with van der Waals surface area (Å²) in [7, 11) is -2.35. The van der Waals surface area contributed by atoms with Crippen molar-refractivity contribution in [2.24, 2.45) is 0 Å². The van der Waals surface area contributed by atoms with Crippen LogP contribution in [0.5, 0.6) is 0 Å². The summed E-state index contributed by atoms with van der Waals surface area (Å²) in [6, 6.07) is 7.41. The van der Waals surface area contributed by atoms with E-state index in [1.165, 1.54) is 53.1 Å². The second-order valence-corrected chi connectivity index (χ2v) is 8.58. The van der Waals surface area contributed by atoms with Gasteiger partial charge in [0.2, 0.25) is 10.0 Å². The Kier molecular flexibility index (Phi) is 4.89. The molecule has 0 radical (unpaired) electrons. The summed E-state index contributed by atoms with van der Waals surface area (Å²) in [6.45, 7) is 0. The predicted molar refractivity (Wildman–Crippen MR) is 94.0 cm³/mol. The third kappa shape index (κ3) is 3.73. The van der Waals surface area contributed by atoms with Crippen LogP contribution in [0.4, 0.5) is 0 Å². The lowest BCUT2D eigenvalue weighted by molar-refractivity contribution is 0.0848. The average molecular weight is 379 g/mol. The Labute approximate surface area is 149 Å². The van der Waals surface area contributed by atoms with Gasteiger partial charge >= 0.3 is 0 Å². The van der Waals surface area contributed by atoms with Crippen molar-refractivity contribution in [1.82, 2.24) is 15.6 Å². The van der Waals surface area contributed by atoms with Crippen molar-refractivity contribution in [3.05, 3.63) is 51.2 Å². The van der Waals surface area contributed by atoms with Gasteiger partial charge in [-0.25, -0.2) is 13.1 Å². The second kappa shape index (κ2) is 6.95. The number of fused-ring (bicyclic) bond motifs is 1. The van der Waals surface area contributed by atoms with Crippen LogP contribution in [-0.4, -0.2) is 27.3 Å². The van der Waals surface area contributed by atoms with Gasteiger partial charge in [0.05, 0.1) is 9.77 Å². The Morgan fingerprint density at radius 3 is 2.56 bits per heavy atom. The molecule has 0 aliphatic heterocycles. The molecule has 1 aliphatic carbocycles. The number of rotatable bonds is 4. The average Bonchev–Trinajstić information content (AvgIpc) is 3.21. The highest BCUT2D eigenvalue weighted by Crippen LogP contribution is 2.30. The van der Waals surface area contributed by atoms with Crippen molar-refractivity contribution in [2.45, 2.75) is 24.2 Å². The maximum atomic E-state index is 12.1. The Balaban J connectivity index is 1.66. The van der Waals surface area contributed by atoms with E-state index in [-0.39, 0.29) is 16.4 Å². The van der Waals surface area contributed by atoms with Crippen molar-refractivity contribution in [2.75, 3.05) is 7.05 Å². The number of hydrogen-bond donors (Lipinski definition) is 3. The number of hydrazine groups is 1. The van der Waals surface area contributed by atoms with E-state index < -0.39 is 15.9 Å². The molecule has 3 N–H and O–H groups in total. The standard InChI is InChI=1S/C16H17N3O4S2/c1-17-25(22,23)12-6-2-5-11(8-12)15(20)18-19-16(21)14-9-10-4-3-7-13(10)24-14/h2,5-6,8-9,17H,3-4,7H2,1H3,(H,18,20)(H,19,21). The first-order chi connectivity index (χ1) is 11.9. The van der Waals surface area contributed by atoms with Crippen molar-refractivity contribution in [1.29, 1.82) is 0 Å². The molecule has 25 heavy (non-hydrogen) atoms. The number of benzene rings is 1. The van der Waals surface area contributed by atoms with Crippen LogP contribution in [0.2, 0.25) is 0 Å². The summed E-state index contributed by atoms with van der Waals surface area (Å²) in [5.74, 6) is -0.975. The van der Waals surface area contributed by atoms with Gasteiger partial charge in [-0.2, -0.15) is 0 Å². The van der Waals surface area contributed by atoms with E-state index >= 15 is 0 Å². The van der Waals surface area contributed by atoms with Crippen LogP contribution in [0.15, 0.2) is 35.2 Å². The van der Waals surface area contributed by atoms with Crippen molar-refractivity contribution in [3.63, 3.8) is 0 Å². The largest absolute Gasteiger partial charge is 0.279 e. The highest BCUT2D eigenvalue weighted by atomic mass is 32.2. The highest BCUT2D eigenvalue weighted by molar-refractivity contribution is 7.89. The van der Waals surface area contributed by atoms with Crippen LogP contribution in [0, 0.1) is 0 Å². The first-order valence-electron chi connectivity index (χ1n) is 7.66. The molecule has 1 aliphatic rings. The highest BCUT2D eigenvalue weighted by Gasteiger charge is 2.19. The third-order valence-corrected chi connectivity index (χ3v) is 6.58. The van der Waals surface area contributed by atoms with E-state index in [2.05, 4.69) is 15.6 Å². The monoisotopic (exact) mass is 379 g/mol. The molecular weight excluding hydrogens is 362 g/mol. The van der Waals surface area contributed by atoms with E-state index in [4.69, 9.17) is 0 Å². The molecule has 0 bridgehead atoms. The minimum Gasteiger partial charge on any atom is -0.267 e. The molecule has 0 spiro atoms. The minimum absolute atomic E-state index is 0.0244. The van der Waals surface area contributed by atoms with Gasteiger partial charge in [-0.3, -0.25) is 20.4 Å². The van der Waals surface area contributed by atoms with E-state index in [0.717, 1.165) is 19.3 Å². The van der Waals surface area contributed by atoms with Crippen molar-refractivity contribution in [3.8, 4) is 0 Å². The second-order valence-electron chi connectivity index (χ2n) is 5.56. The molecule has 2 aromatic rings. The van der Waals surface area contributed by atoms with Gasteiger partial charge in [0.15, 0.2) is 0 Å². The van der Waals surface area contributed by atoms with Crippen LogP contribution in [-0.2, 0) is 22.9 Å². The first kappa shape index (κ1) is 17.6. The van der Waals surface area contributed by atoms with Gasteiger partial charge in [0.25, 0.3) is 11.8 Å². The molecule has 9 heteroatoms. The molecule has 1 heterocycles. The topological polar surface area (TPSA) is 104 Å². The van der Waals surface area contributed by atoms with Gasteiger partial charge < -0.3 is 0 Å². The van der Waals surface area contributed by atoms with Gasteiger partial charge in [0.1, 0.15) is 0 Å². The number of hydrogen-bond acceptors (Lipinski definition) is 5. The molecule has 2 amide bonds. The van der Waals surface area contributed by atoms with Gasteiger partial charge in [-0.1, -0.05) is 6.07 Å². The van der Waals surface area contributed by atoms with Crippen LogP contribution >= 0.6 is 11.3 Å². The van der Waals surface area contributed by atoms with E-state index in [9.17, 15) is 18.0 Å². The molecular formula is C16H17N3O4S2. The fourth-order valence-corrected chi connectivity index (χ4v) is 4.53. The lowest BCUT2D eigenvalue weighted by atomic mass is 10.2. The van der Waals surface area contributed by atoms with Crippen LogP contribution in [0.1, 0.15) is 36.9 Å². The lowest BCUT2D eigenvalue weighted by Gasteiger charge is -2.08. The zero-order valence-electron chi connectivity index (χ0n) is 13.5. The maximum Gasteiger partial charge on any atom is 0.279 e.